The minimum absolute atomic E-state index is 0.107. The summed E-state index contributed by atoms with van der Waals surface area (Å²) in [6.45, 7) is 3.68. The Morgan fingerprint density at radius 3 is 2.28 bits per heavy atom. The Labute approximate surface area is 148 Å². The summed E-state index contributed by atoms with van der Waals surface area (Å²) in [5.41, 5.74) is 1.39. The fourth-order valence-corrected chi connectivity index (χ4v) is 2.92. The van der Waals surface area contributed by atoms with Gasteiger partial charge in [-0.3, -0.25) is 14.4 Å². The van der Waals surface area contributed by atoms with Crippen LogP contribution < -0.4 is 10.6 Å². The molecule has 0 aromatic heterocycles. The first kappa shape index (κ1) is 19.0. The third kappa shape index (κ3) is 5.31. The summed E-state index contributed by atoms with van der Waals surface area (Å²) in [4.78, 5) is 35.1. The Hall–Kier alpha value is -2.37. The first-order chi connectivity index (χ1) is 11.9. The van der Waals surface area contributed by atoms with Crippen molar-refractivity contribution >= 4 is 17.8 Å². The zero-order chi connectivity index (χ0) is 18.4. The van der Waals surface area contributed by atoms with Crippen LogP contribution in [0.3, 0.4) is 0 Å². The van der Waals surface area contributed by atoms with Crippen molar-refractivity contribution in [2.45, 2.75) is 52.1 Å². The lowest BCUT2D eigenvalue weighted by atomic mass is 10.0. The van der Waals surface area contributed by atoms with Gasteiger partial charge in [-0.1, -0.05) is 25.0 Å². The van der Waals surface area contributed by atoms with E-state index in [0.29, 0.717) is 12.1 Å². The molecule has 0 radical (unpaired) electrons. The molecule has 1 aromatic carbocycles. The van der Waals surface area contributed by atoms with E-state index in [1.54, 1.807) is 38.1 Å². The molecule has 1 saturated carbocycles. The molecule has 2 atom stereocenters. The zero-order valence-electron chi connectivity index (χ0n) is 14.7. The van der Waals surface area contributed by atoms with Crippen molar-refractivity contribution in [2.24, 2.45) is 11.8 Å². The number of benzene rings is 1. The Balaban J connectivity index is 1.85. The monoisotopic (exact) mass is 346 g/mol. The van der Waals surface area contributed by atoms with E-state index in [-0.39, 0.29) is 17.7 Å². The topological polar surface area (TPSA) is 95.5 Å². The molecule has 1 aliphatic rings. The molecule has 0 bridgehead atoms. The number of amides is 2. The van der Waals surface area contributed by atoms with Crippen LogP contribution in [-0.4, -0.2) is 28.9 Å². The fraction of sp³-hybridized carbons (Fsp3) is 0.526. The van der Waals surface area contributed by atoms with E-state index in [1.807, 2.05) is 0 Å². The maximum absolute atomic E-state index is 12.2. The van der Waals surface area contributed by atoms with Crippen LogP contribution in [-0.2, 0) is 16.1 Å². The SMILES string of the molecule is CC(NC(=O)c1ccc(CNC(=O)C2CCCC2)cc1)C(C)C(=O)O. The van der Waals surface area contributed by atoms with Gasteiger partial charge < -0.3 is 15.7 Å². The van der Waals surface area contributed by atoms with Crippen LogP contribution in [0, 0.1) is 11.8 Å². The quantitative estimate of drug-likeness (QED) is 0.706. The van der Waals surface area contributed by atoms with Crippen molar-refractivity contribution < 1.29 is 19.5 Å². The Morgan fingerprint density at radius 2 is 1.72 bits per heavy atom. The molecule has 6 nitrogen and oxygen atoms in total. The van der Waals surface area contributed by atoms with Crippen molar-refractivity contribution in [3.05, 3.63) is 35.4 Å². The Kier molecular flexibility index (Phi) is 6.56. The normalized spacial score (nSPS) is 16.9. The van der Waals surface area contributed by atoms with Gasteiger partial charge in [-0.15, -0.1) is 0 Å². The standard InChI is InChI=1S/C19H26N2O4/c1-12(19(24)25)13(2)21-18(23)16-9-7-14(8-10-16)11-20-17(22)15-5-3-4-6-15/h7-10,12-13,15H,3-6,11H2,1-2H3,(H,20,22)(H,21,23)(H,24,25). The maximum atomic E-state index is 12.2. The van der Waals surface area contributed by atoms with E-state index in [2.05, 4.69) is 10.6 Å². The van der Waals surface area contributed by atoms with Crippen molar-refractivity contribution in [1.29, 1.82) is 0 Å². The third-order valence-electron chi connectivity index (χ3n) is 4.91. The molecule has 1 aromatic rings. The molecule has 25 heavy (non-hydrogen) atoms. The van der Waals surface area contributed by atoms with Crippen LogP contribution in [0.5, 0.6) is 0 Å². The number of carboxylic acids is 1. The summed E-state index contributed by atoms with van der Waals surface area (Å²) in [6, 6.07) is 6.51. The molecule has 1 fully saturated rings. The Bertz CT molecular complexity index is 621. The van der Waals surface area contributed by atoms with Gasteiger partial charge in [0.15, 0.2) is 0 Å². The largest absolute Gasteiger partial charge is 0.481 e. The van der Waals surface area contributed by atoms with Gasteiger partial charge >= 0.3 is 5.97 Å². The second kappa shape index (κ2) is 8.65. The van der Waals surface area contributed by atoms with Gasteiger partial charge in [0.2, 0.25) is 5.91 Å². The Morgan fingerprint density at radius 1 is 1.12 bits per heavy atom. The van der Waals surface area contributed by atoms with Crippen LogP contribution in [0.2, 0.25) is 0 Å². The van der Waals surface area contributed by atoms with Gasteiger partial charge in [-0.25, -0.2) is 0 Å². The highest BCUT2D eigenvalue weighted by Gasteiger charge is 2.23. The summed E-state index contributed by atoms with van der Waals surface area (Å²) in [6.07, 6.45) is 4.19. The van der Waals surface area contributed by atoms with Crippen LogP contribution in [0.1, 0.15) is 55.5 Å². The number of aliphatic carboxylic acids is 1. The molecule has 2 rings (SSSR count). The molecule has 0 spiro atoms. The van der Waals surface area contributed by atoms with Gasteiger partial charge in [0, 0.05) is 24.1 Å². The number of nitrogens with one attached hydrogen (secondary N) is 2. The fourth-order valence-electron chi connectivity index (χ4n) is 2.92. The van der Waals surface area contributed by atoms with E-state index >= 15 is 0 Å². The highest BCUT2D eigenvalue weighted by Crippen LogP contribution is 2.24. The summed E-state index contributed by atoms with van der Waals surface area (Å²) in [7, 11) is 0. The second-order valence-electron chi connectivity index (χ2n) is 6.79. The molecule has 1 aliphatic carbocycles. The molecule has 0 aliphatic heterocycles. The van der Waals surface area contributed by atoms with Gasteiger partial charge in [0.25, 0.3) is 5.91 Å². The van der Waals surface area contributed by atoms with E-state index in [9.17, 15) is 14.4 Å². The summed E-state index contributed by atoms with van der Waals surface area (Å²) >= 11 is 0. The lowest BCUT2D eigenvalue weighted by Crippen LogP contribution is -2.40. The number of carbonyl (C=O) groups excluding carboxylic acids is 2. The van der Waals surface area contributed by atoms with Gasteiger partial charge in [-0.05, 0) is 44.4 Å². The van der Waals surface area contributed by atoms with Gasteiger partial charge in [-0.2, -0.15) is 0 Å². The van der Waals surface area contributed by atoms with E-state index in [1.165, 1.54) is 0 Å². The summed E-state index contributed by atoms with van der Waals surface area (Å²) in [5, 5.41) is 14.6. The summed E-state index contributed by atoms with van der Waals surface area (Å²) in [5.74, 6) is -1.66. The third-order valence-corrected chi connectivity index (χ3v) is 4.91. The molecule has 136 valence electrons. The molecular formula is C19H26N2O4. The van der Waals surface area contributed by atoms with Crippen molar-refractivity contribution in [1.82, 2.24) is 10.6 Å². The highest BCUT2D eigenvalue weighted by atomic mass is 16.4. The van der Waals surface area contributed by atoms with Crippen LogP contribution in [0.25, 0.3) is 0 Å². The average molecular weight is 346 g/mol. The molecule has 6 heteroatoms. The molecule has 2 unspecified atom stereocenters. The van der Waals surface area contributed by atoms with Crippen molar-refractivity contribution in [2.75, 3.05) is 0 Å². The van der Waals surface area contributed by atoms with Crippen LogP contribution in [0.4, 0.5) is 0 Å². The van der Waals surface area contributed by atoms with Crippen LogP contribution in [0.15, 0.2) is 24.3 Å². The van der Waals surface area contributed by atoms with E-state index < -0.39 is 17.9 Å². The molecule has 3 N–H and O–H groups in total. The zero-order valence-corrected chi connectivity index (χ0v) is 14.7. The average Bonchev–Trinajstić information content (AvgIpc) is 3.13. The molecule has 2 amide bonds. The van der Waals surface area contributed by atoms with Crippen LogP contribution >= 0.6 is 0 Å². The lowest BCUT2D eigenvalue weighted by Gasteiger charge is -2.17. The second-order valence-corrected chi connectivity index (χ2v) is 6.79. The maximum Gasteiger partial charge on any atom is 0.308 e. The highest BCUT2D eigenvalue weighted by molar-refractivity contribution is 5.94. The van der Waals surface area contributed by atoms with Gasteiger partial charge in [0.05, 0.1) is 5.92 Å². The number of rotatable bonds is 7. The van der Waals surface area contributed by atoms with Crippen molar-refractivity contribution in [3.8, 4) is 0 Å². The number of carbonyl (C=O) groups is 3. The van der Waals surface area contributed by atoms with Crippen molar-refractivity contribution in [3.63, 3.8) is 0 Å². The smallest absolute Gasteiger partial charge is 0.308 e. The number of hydrogen-bond donors (Lipinski definition) is 3. The number of carboxylic acid groups (broad SMARTS) is 1. The summed E-state index contributed by atoms with van der Waals surface area (Å²) < 4.78 is 0. The van der Waals surface area contributed by atoms with Gasteiger partial charge in [0.1, 0.15) is 0 Å². The minimum Gasteiger partial charge on any atom is -0.481 e. The number of hydrogen-bond acceptors (Lipinski definition) is 3. The van der Waals surface area contributed by atoms with E-state index in [0.717, 1.165) is 31.2 Å². The minimum atomic E-state index is -0.943. The first-order valence-corrected chi connectivity index (χ1v) is 8.79. The predicted molar refractivity (Wildman–Crippen MR) is 94.0 cm³/mol. The van der Waals surface area contributed by atoms with E-state index in [4.69, 9.17) is 5.11 Å². The first-order valence-electron chi connectivity index (χ1n) is 8.79. The molecule has 0 heterocycles. The lowest BCUT2D eigenvalue weighted by molar-refractivity contribution is -0.141. The molecule has 0 saturated heterocycles. The predicted octanol–water partition coefficient (Wildman–Crippen LogP) is 2.33. The molecular weight excluding hydrogens is 320 g/mol.